The van der Waals surface area contributed by atoms with Gasteiger partial charge in [0.1, 0.15) is 30.5 Å². The summed E-state index contributed by atoms with van der Waals surface area (Å²) in [6, 6.07) is -1.01. The van der Waals surface area contributed by atoms with E-state index in [-0.39, 0.29) is 24.8 Å². The van der Waals surface area contributed by atoms with Gasteiger partial charge in [-0.05, 0) is 25.7 Å². The fourth-order valence-electron chi connectivity index (χ4n) is 8.28. The molecule has 1 heterocycles. The summed E-state index contributed by atoms with van der Waals surface area (Å²) in [6.45, 7) is 4.30. The first-order chi connectivity index (χ1) is 29.7. The van der Waals surface area contributed by atoms with Crippen LogP contribution in [0.15, 0.2) is 0 Å². The van der Waals surface area contributed by atoms with Crippen LogP contribution in [-0.2, 0) is 19.1 Å². The summed E-state index contributed by atoms with van der Waals surface area (Å²) < 4.78 is 11.2. The largest absolute Gasteiger partial charge is 0.394 e. The molecular weight excluding hydrogens is 777 g/mol. The highest BCUT2D eigenvalue weighted by Crippen LogP contribution is 2.23. The van der Waals surface area contributed by atoms with E-state index in [2.05, 4.69) is 24.5 Å². The summed E-state index contributed by atoms with van der Waals surface area (Å²) in [5, 5.41) is 68.3. The average Bonchev–Trinajstić information content (AvgIpc) is 3.25. The molecule has 0 aromatic rings. The topological polar surface area (TPSA) is 198 Å². The molecule has 61 heavy (non-hydrogen) atoms. The maximum Gasteiger partial charge on any atom is 0.220 e. The van der Waals surface area contributed by atoms with Gasteiger partial charge < -0.3 is 50.7 Å². The van der Waals surface area contributed by atoms with Gasteiger partial charge in [-0.25, -0.2) is 0 Å². The third-order valence-electron chi connectivity index (χ3n) is 12.5. The minimum Gasteiger partial charge on any atom is -0.394 e. The van der Waals surface area contributed by atoms with Crippen LogP contribution in [0, 0.1) is 0 Å². The second kappa shape index (κ2) is 40.2. The number of rotatable bonds is 43. The average molecular weight is 873 g/mol. The van der Waals surface area contributed by atoms with Crippen molar-refractivity contribution in [3.8, 4) is 0 Å². The van der Waals surface area contributed by atoms with Gasteiger partial charge in [-0.2, -0.15) is 0 Å². The summed E-state index contributed by atoms with van der Waals surface area (Å²) in [4.78, 5) is 25.2. The van der Waals surface area contributed by atoms with Crippen molar-refractivity contribution in [2.24, 2.45) is 0 Å². The van der Waals surface area contributed by atoms with E-state index in [0.29, 0.717) is 19.3 Å². The van der Waals surface area contributed by atoms with E-state index in [4.69, 9.17) is 9.47 Å². The van der Waals surface area contributed by atoms with Gasteiger partial charge in [-0.1, -0.05) is 194 Å². The molecular formula is C49H96N2O10. The highest BCUT2D eigenvalue weighted by molar-refractivity contribution is 5.76. The molecule has 1 rings (SSSR count). The molecule has 1 aliphatic heterocycles. The van der Waals surface area contributed by atoms with Gasteiger partial charge in [-0.15, -0.1) is 0 Å². The summed E-state index contributed by atoms with van der Waals surface area (Å²) in [7, 11) is 0. The lowest BCUT2D eigenvalue weighted by atomic mass is 9.98. The summed E-state index contributed by atoms with van der Waals surface area (Å²) in [5.41, 5.74) is 0. The highest BCUT2D eigenvalue weighted by atomic mass is 16.7. The number of carbonyl (C=O) groups excluding carboxylic acids is 2. The number of aliphatic hydroxyl groups is 6. The zero-order valence-corrected chi connectivity index (χ0v) is 39.1. The van der Waals surface area contributed by atoms with Crippen molar-refractivity contribution in [3.63, 3.8) is 0 Å². The number of hydrogen-bond acceptors (Lipinski definition) is 10. The fourth-order valence-corrected chi connectivity index (χ4v) is 8.28. The lowest BCUT2D eigenvalue weighted by Crippen LogP contribution is -2.60. The molecule has 0 spiro atoms. The van der Waals surface area contributed by atoms with E-state index >= 15 is 0 Å². The number of aliphatic hydroxyl groups excluding tert-OH is 6. The molecule has 1 saturated heterocycles. The minimum atomic E-state index is -1.62. The van der Waals surface area contributed by atoms with Gasteiger partial charge in [0.05, 0.1) is 25.4 Å². The minimum absolute atomic E-state index is 0.174. The van der Waals surface area contributed by atoms with Gasteiger partial charge in [0.15, 0.2) is 6.29 Å². The van der Waals surface area contributed by atoms with Crippen LogP contribution < -0.4 is 10.6 Å². The molecule has 1 aliphatic rings. The predicted molar refractivity (Wildman–Crippen MR) is 245 cm³/mol. The molecule has 2 amide bonds. The van der Waals surface area contributed by atoms with Crippen molar-refractivity contribution in [1.29, 1.82) is 0 Å². The van der Waals surface area contributed by atoms with Crippen LogP contribution in [0.4, 0.5) is 0 Å². The highest BCUT2D eigenvalue weighted by Gasteiger charge is 2.44. The molecule has 12 nitrogen and oxygen atoms in total. The van der Waals surface area contributed by atoms with Gasteiger partial charge in [0.2, 0.25) is 11.8 Å². The van der Waals surface area contributed by atoms with Crippen molar-refractivity contribution >= 4 is 11.8 Å². The fraction of sp³-hybridized carbons (Fsp3) is 0.959. The normalized spacial score (nSPS) is 20.7. The predicted octanol–water partition coefficient (Wildman–Crippen LogP) is 8.43. The monoisotopic (exact) mass is 873 g/mol. The van der Waals surface area contributed by atoms with E-state index in [9.17, 15) is 40.2 Å². The smallest absolute Gasteiger partial charge is 0.220 e. The van der Waals surface area contributed by atoms with E-state index in [1.807, 2.05) is 0 Å². The Labute approximate surface area is 372 Å². The molecule has 8 N–H and O–H groups in total. The Morgan fingerprint density at radius 2 is 0.951 bits per heavy atom. The van der Waals surface area contributed by atoms with Crippen molar-refractivity contribution in [1.82, 2.24) is 10.6 Å². The van der Waals surface area contributed by atoms with Crippen molar-refractivity contribution in [3.05, 3.63) is 0 Å². The van der Waals surface area contributed by atoms with Crippen LogP contribution in [0.2, 0.25) is 0 Å². The van der Waals surface area contributed by atoms with Gasteiger partial charge >= 0.3 is 0 Å². The Balaban J connectivity index is 2.29. The van der Waals surface area contributed by atoms with Gasteiger partial charge in [0, 0.05) is 19.4 Å². The second-order valence-corrected chi connectivity index (χ2v) is 18.2. The molecule has 0 aromatic heterocycles. The van der Waals surface area contributed by atoms with Crippen molar-refractivity contribution < 1.29 is 49.7 Å². The van der Waals surface area contributed by atoms with E-state index in [1.165, 1.54) is 109 Å². The van der Waals surface area contributed by atoms with Gasteiger partial charge in [0.25, 0.3) is 0 Å². The maximum absolute atomic E-state index is 13.0. The molecule has 8 atom stereocenters. The molecule has 12 heteroatoms. The van der Waals surface area contributed by atoms with Crippen LogP contribution in [0.5, 0.6) is 0 Å². The summed E-state index contributed by atoms with van der Waals surface area (Å²) in [5.74, 6) is -0.113. The molecule has 0 unspecified atom stereocenters. The van der Waals surface area contributed by atoms with Crippen LogP contribution in [-0.4, -0.2) is 111 Å². The first-order valence-corrected chi connectivity index (χ1v) is 25.5. The lowest BCUT2D eigenvalue weighted by molar-refractivity contribution is -0.303. The summed E-state index contributed by atoms with van der Waals surface area (Å²) in [6.07, 6.45) is 27.7. The number of carbonyl (C=O) groups is 2. The first-order valence-electron chi connectivity index (χ1n) is 25.5. The Bertz CT molecular complexity index is 1010. The number of amides is 2. The Morgan fingerprint density at radius 1 is 0.541 bits per heavy atom. The third kappa shape index (κ3) is 30.4. The van der Waals surface area contributed by atoms with Crippen LogP contribution in [0.25, 0.3) is 0 Å². The number of nitrogens with one attached hydrogen (secondary N) is 2. The van der Waals surface area contributed by atoms with E-state index < -0.39 is 55.6 Å². The number of unbranched alkanes of at least 4 members (excludes halogenated alkanes) is 28. The quantitative estimate of drug-likeness (QED) is 0.0275. The zero-order valence-electron chi connectivity index (χ0n) is 39.1. The molecule has 0 radical (unpaired) electrons. The maximum atomic E-state index is 13.0. The zero-order chi connectivity index (χ0) is 44.8. The molecule has 1 fully saturated rings. The molecule has 362 valence electrons. The summed E-state index contributed by atoms with van der Waals surface area (Å²) >= 11 is 0. The number of ether oxygens (including phenoxy) is 2. The molecule has 0 saturated carbocycles. The van der Waals surface area contributed by atoms with Crippen LogP contribution in [0.1, 0.15) is 232 Å². The molecule has 0 aromatic carbocycles. The Kier molecular flexibility index (Phi) is 37.9. The first kappa shape index (κ1) is 57.6. The van der Waals surface area contributed by atoms with Gasteiger partial charge in [-0.3, -0.25) is 9.59 Å². The van der Waals surface area contributed by atoms with Crippen molar-refractivity contribution in [2.75, 3.05) is 19.8 Å². The van der Waals surface area contributed by atoms with Crippen LogP contribution >= 0.6 is 0 Å². The SMILES string of the molecule is CCCCCCCCCCCCCC[C@@H](O)[C@@H](O)[C@H](CO[C@H]1O[C@H](CO)[C@H](O)[C@H](O)[C@H]1O)NC(=O)CCCCCCCCCCNC(=O)CCCCCCCCCCCCC. The standard InChI is InChI=1S/C49H96N2O10/c1-3-5-7-9-11-13-15-17-18-22-26-30-34-41(53)45(56)40(39-60-49-48(59)47(58)46(57)42(38-52)61-49)51-44(55)36-32-28-24-20-21-25-29-33-37-50-43(54)35-31-27-23-19-16-14-12-10-8-6-4-2/h40-42,45-49,52-53,56-59H,3-39H2,1-2H3,(H,50,54)(H,51,55)/t40-,41+,42+,45-,46-,47-,48+,49-/m0/s1. The second-order valence-electron chi connectivity index (χ2n) is 18.2. The lowest BCUT2D eigenvalue weighted by Gasteiger charge is -2.40. The van der Waals surface area contributed by atoms with Crippen molar-refractivity contribution in [2.45, 2.75) is 281 Å². The van der Waals surface area contributed by atoms with Crippen LogP contribution in [0.3, 0.4) is 0 Å². The van der Waals surface area contributed by atoms with E-state index in [1.54, 1.807) is 0 Å². The number of hydrogen-bond donors (Lipinski definition) is 8. The Hall–Kier alpha value is -1.38. The molecule has 0 aliphatic carbocycles. The Morgan fingerprint density at radius 3 is 1.41 bits per heavy atom. The third-order valence-corrected chi connectivity index (χ3v) is 12.5. The van der Waals surface area contributed by atoms with E-state index in [0.717, 1.165) is 90.0 Å². The molecule has 0 bridgehead atoms.